The number of nitrogens with two attached hydrogens (primary N) is 1. The van der Waals surface area contributed by atoms with Crippen molar-refractivity contribution in [1.29, 1.82) is 0 Å². The molecule has 5 rings (SSSR count). The first-order valence-electron chi connectivity index (χ1n) is 18.9. The molecule has 0 bridgehead atoms. The third-order valence-corrected chi connectivity index (χ3v) is 10.5. The van der Waals surface area contributed by atoms with Crippen molar-refractivity contribution in [3.8, 4) is 0 Å². The highest BCUT2D eigenvalue weighted by Gasteiger charge is 2.50. The van der Waals surface area contributed by atoms with Gasteiger partial charge in [-0.25, -0.2) is 0 Å². The standard InChI is InChI=1S/C42H54N6O5/c1-4-34(41(53)47-24-21-42(22-25-47)37(49)20-23-48(42)32-18-12-7-13-19-32)44-39(51)35(26-29(2)3)46-40(52)36(28-31-16-10-6-11-17-31)45-38(50)33(43)27-30-14-8-5-9-15-30/h5-19,29,33-36H,4,20-28,43H2,1-3H3,(H,44,51)(H,45,50)(H,46,52)/t33-,34-,35-,36-/m1/s1. The molecule has 0 radical (unpaired) electrons. The monoisotopic (exact) mass is 722 g/mol. The van der Waals surface area contributed by atoms with E-state index in [1.54, 1.807) is 4.90 Å². The lowest BCUT2D eigenvalue weighted by molar-refractivity contribution is -0.140. The predicted molar refractivity (Wildman–Crippen MR) is 206 cm³/mol. The molecule has 4 amide bonds. The third-order valence-electron chi connectivity index (χ3n) is 10.5. The third kappa shape index (κ3) is 9.90. The van der Waals surface area contributed by atoms with Crippen LogP contribution in [0.2, 0.25) is 0 Å². The van der Waals surface area contributed by atoms with Crippen LogP contribution in [-0.2, 0) is 36.8 Å². The average molecular weight is 723 g/mol. The fourth-order valence-electron chi connectivity index (χ4n) is 7.55. The second-order valence-electron chi connectivity index (χ2n) is 14.7. The zero-order chi connectivity index (χ0) is 38.0. The molecular formula is C42H54N6O5. The van der Waals surface area contributed by atoms with Crippen LogP contribution in [0.4, 0.5) is 5.69 Å². The van der Waals surface area contributed by atoms with E-state index in [1.165, 1.54) is 0 Å². The Balaban J connectivity index is 1.24. The largest absolute Gasteiger partial charge is 0.358 e. The fraction of sp³-hybridized carbons (Fsp3) is 0.452. The molecule has 1 spiro atoms. The van der Waals surface area contributed by atoms with Crippen LogP contribution < -0.4 is 26.6 Å². The first-order chi connectivity index (χ1) is 25.5. The van der Waals surface area contributed by atoms with E-state index in [2.05, 4.69) is 20.9 Å². The number of benzene rings is 3. The van der Waals surface area contributed by atoms with Crippen LogP contribution in [0.25, 0.3) is 0 Å². The Labute approximate surface area is 313 Å². The van der Waals surface area contributed by atoms with E-state index in [9.17, 15) is 24.0 Å². The number of nitrogens with one attached hydrogen (secondary N) is 3. The first kappa shape index (κ1) is 39.2. The number of amides is 4. The number of ketones is 1. The van der Waals surface area contributed by atoms with Gasteiger partial charge in [0, 0.05) is 38.2 Å². The van der Waals surface area contributed by atoms with Crippen LogP contribution in [0.5, 0.6) is 0 Å². The van der Waals surface area contributed by atoms with Crippen molar-refractivity contribution in [2.75, 3.05) is 24.5 Å². The van der Waals surface area contributed by atoms with Crippen molar-refractivity contribution in [2.24, 2.45) is 11.7 Å². The minimum Gasteiger partial charge on any atom is -0.358 e. The summed E-state index contributed by atoms with van der Waals surface area (Å²) >= 11 is 0. The fourth-order valence-corrected chi connectivity index (χ4v) is 7.55. The number of rotatable bonds is 15. The molecule has 11 heteroatoms. The Hall–Kier alpha value is -5.03. The van der Waals surface area contributed by atoms with Gasteiger partial charge in [0.25, 0.3) is 0 Å². The Kier molecular flexibility index (Phi) is 13.4. The molecule has 0 unspecified atom stereocenters. The molecule has 4 atom stereocenters. The molecule has 2 fully saturated rings. The summed E-state index contributed by atoms with van der Waals surface area (Å²) in [5, 5.41) is 8.66. The molecule has 0 aromatic heterocycles. The van der Waals surface area contributed by atoms with Crippen molar-refractivity contribution in [2.45, 2.75) is 95.4 Å². The zero-order valence-electron chi connectivity index (χ0n) is 31.1. The van der Waals surface area contributed by atoms with Gasteiger partial charge in [-0.15, -0.1) is 0 Å². The van der Waals surface area contributed by atoms with Gasteiger partial charge in [-0.3, -0.25) is 24.0 Å². The van der Waals surface area contributed by atoms with Gasteiger partial charge in [0.2, 0.25) is 23.6 Å². The lowest BCUT2D eigenvalue weighted by atomic mass is 9.83. The highest BCUT2D eigenvalue weighted by atomic mass is 16.2. The van der Waals surface area contributed by atoms with Crippen molar-refractivity contribution in [3.63, 3.8) is 0 Å². The van der Waals surface area contributed by atoms with Gasteiger partial charge in [-0.05, 0) is 61.3 Å². The van der Waals surface area contributed by atoms with Gasteiger partial charge >= 0.3 is 0 Å². The van der Waals surface area contributed by atoms with E-state index in [-0.39, 0.29) is 24.0 Å². The number of para-hydroxylation sites is 1. The molecule has 2 heterocycles. The summed E-state index contributed by atoms with van der Waals surface area (Å²) in [5.41, 5.74) is 8.39. The number of nitrogens with zero attached hydrogens (tertiary/aromatic N) is 2. The number of piperidine rings is 1. The van der Waals surface area contributed by atoms with Crippen LogP contribution in [0.1, 0.15) is 64.0 Å². The van der Waals surface area contributed by atoms with Crippen LogP contribution in [0.15, 0.2) is 91.0 Å². The van der Waals surface area contributed by atoms with Crippen molar-refractivity contribution in [1.82, 2.24) is 20.9 Å². The highest BCUT2D eigenvalue weighted by molar-refractivity contribution is 5.97. The van der Waals surface area contributed by atoms with E-state index in [1.807, 2.05) is 112 Å². The predicted octanol–water partition coefficient (Wildman–Crippen LogP) is 3.55. The normalized spacial score (nSPS) is 17.6. The molecule has 2 aliphatic heterocycles. The number of carbonyl (C=O) groups excluding carboxylic acids is 5. The summed E-state index contributed by atoms with van der Waals surface area (Å²) in [6, 6.07) is 25.1. The Morgan fingerprint density at radius 3 is 1.77 bits per heavy atom. The van der Waals surface area contributed by atoms with Crippen LogP contribution in [0, 0.1) is 5.92 Å². The van der Waals surface area contributed by atoms with Gasteiger partial charge in [-0.1, -0.05) is 99.6 Å². The highest BCUT2D eigenvalue weighted by Crippen LogP contribution is 2.39. The van der Waals surface area contributed by atoms with Gasteiger partial charge < -0.3 is 31.5 Å². The summed E-state index contributed by atoms with van der Waals surface area (Å²) < 4.78 is 0. The zero-order valence-corrected chi connectivity index (χ0v) is 31.1. The number of hydrogen-bond acceptors (Lipinski definition) is 7. The molecule has 2 aliphatic rings. The molecule has 0 aliphatic carbocycles. The number of carbonyl (C=O) groups is 5. The SMILES string of the molecule is CC[C@@H](NC(=O)[C@@H](CC(C)C)NC(=O)[C@@H](Cc1ccccc1)NC(=O)[C@H](N)Cc1ccccc1)C(=O)N1CCC2(CC1)C(=O)CCN2c1ccccc1. The van der Waals surface area contributed by atoms with Gasteiger partial charge in [0.05, 0.1) is 6.04 Å². The van der Waals surface area contributed by atoms with Crippen molar-refractivity contribution in [3.05, 3.63) is 102 Å². The lowest BCUT2D eigenvalue weighted by Gasteiger charge is -2.45. The smallest absolute Gasteiger partial charge is 0.245 e. The molecule has 2 saturated heterocycles. The molecule has 3 aromatic rings. The maximum atomic E-state index is 13.9. The molecule has 3 aromatic carbocycles. The van der Waals surface area contributed by atoms with Crippen LogP contribution in [-0.4, -0.2) is 83.7 Å². The average Bonchev–Trinajstić information content (AvgIpc) is 3.48. The maximum absolute atomic E-state index is 13.9. The van der Waals surface area contributed by atoms with E-state index >= 15 is 0 Å². The summed E-state index contributed by atoms with van der Waals surface area (Å²) in [6.07, 6.45) is 2.70. The quantitative estimate of drug-likeness (QED) is 0.187. The van der Waals surface area contributed by atoms with Crippen molar-refractivity contribution < 1.29 is 24.0 Å². The Bertz CT molecular complexity index is 1690. The van der Waals surface area contributed by atoms with Gasteiger partial charge in [-0.2, -0.15) is 0 Å². The summed E-state index contributed by atoms with van der Waals surface area (Å²) in [7, 11) is 0. The van der Waals surface area contributed by atoms with E-state index < -0.39 is 47.4 Å². The first-order valence-corrected chi connectivity index (χ1v) is 18.9. The maximum Gasteiger partial charge on any atom is 0.245 e. The summed E-state index contributed by atoms with van der Waals surface area (Å²) in [6.45, 7) is 7.20. The van der Waals surface area contributed by atoms with Crippen molar-refractivity contribution >= 4 is 35.1 Å². The summed E-state index contributed by atoms with van der Waals surface area (Å²) in [5.74, 6) is -1.41. The number of Topliss-reactive ketones (excluding diaryl/α,β-unsaturated/α-hetero) is 1. The molecular weight excluding hydrogens is 668 g/mol. The molecule has 5 N–H and O–H groups in total. The summed E-state index contributed by atoms with van der Waals surface area (Å²) in [4.78, 5) is 72.1. The second-order valence-corrected chi connectivity index (χ2v) is 14.7. The minimum atomic E-state index is -0.993. The van der Waals surface area contributed by atoms with E-state index in [4.69, 9.17) is 5.73 Å². The van der Waals surface area contributed by atoms with Crippen LogP contribution >= 0.6 is 0 Å². The van der Waals surface area contributed by atoms with E-state index in [0.717, 1.165) is 16.8 Å². The Morgan fingerprint density at radius 2 is 1.21 bits per heavy atom. The van der Waals surface area contributed by atoms with E-state index in [0.29, 0.717) is 58.2 Å². The number of anilines is 1. The molecule has 11 nitrogen and oxygen atoms in total. The minimum absolute atomic E-state index is 0.0399. The number of hydrogen-bond donors (Lipinski definition) is 4. The number of likely N-dealkylation sites (tertiary alicyclic amines) is 1. The lowest BCUT2D eigenvalue weighted by Crippen LogP contribution is -2.60. The topological polar surface area (TPSA) is 154 Å². The van der Waals surface area contributed by atoms with Crippen LogP contribution in [0.3, 0.4) is 0 Å². The van der Waals surface area contributed by atoms with Gasteiger partial charge in [0.1, 0.15) is 23.7 Å². The molecule has 53 heavy (non-hydrogen) atoms. The molecule has 282 valence electrons. The molecule has 0 saturated carbocycles. The van der Waals surface area contributed by atoms with Gasteiger partial charge in [0.15, 0.2) is 5.78 Å². The Morgan fingerprint density at radius 1 is 0.698 bits per heavy atom. The second kappa shape index (κ2) is 18.1.